The molecule has 0 saturated heterocycles. The fourth-order valence-electron chi connectivity index (χ4n) is 4.30. The van der Waals surface area contributed by atoms with E-state index in [0.717, 1.165) is 4.90 Å². The summed E-state index contributed by atoms with van der Waals surface area (Å²) in [6.07, 6.45) is 1.53. The van der Waals surface area contributed by atoms with Crippen molar-refractivity contribution in [3.63, 3.8) is 0 Å². The number of thioether (sulfide) groups is 1. The number of nitrogens with one attached hydrogen (secondary N) is 2. The molecular formula is C34H28N2O7S. The molecule has 3 N–H and O–H groups in total. The van der Waals surface area contributed by atoms with Crippen molar-refractivity contribution in [1.29, 1.82) is 0 Å². The molecule has 2 amide bonds. The lowest BCUT2D eigenvalue weighted by molar-refractivity contribution is -0.113. The number of hydrogen-bond acceptors (Lipinski definition) is 8. The second kappa shape index (κ2) is 13.7. The Labute approximate surface area is 257 Å². The Morgan fingerprint density at radius 3 is 2.50 bits per heavy atom. The number of carbonyl (C=O) groups excluding carboxylic acids is 2. The number of benzene rings is 4. The third kappa shape index (κ3) is 7.29. The highest BCUT2D eigenvalue weighted by atomic mass is 32.2. The Kier molecular flexibility index (Phi) is 9.31. The highest BCUT2D eigenvalue weighted by molar-refractivity contribution is 7.98. The van der Waals surface area contributed by atoms with Crippen molar-refractivity contribution in [1.82, 2.24) is 5.32 Å². The summed E-state index contributed by atoms with van der Waals surface area (Å²) in [5.41, 5.74) is 1.72. The number of anilines is 1. The maximum Gasteiger partial charge on any atom is 0.340 e. The van der Waals surface area contributed by atoms with Crippen molar-refractivity contribution in [3.8, 4) is 17.2 Å². The van der Waals surface area contributed by atoms with Crippen LogP contribution in [0, 0.1) is 0 Å². The number of amides is 2. The Morgan fingerprint density at radius 2 is 1.73 bits per heavy atom. The summed E-state index contributed by atoms with van der Waals surface area (Å²) in [5, 5.41) is 15.9. The molecule has 0 fully saturated rings. The zero-order chi connectivity index (χ0) is 31.1. The average molecular weight is 609 g/mol. The largest absolute Gasteiger partial charge is 0.508 e. The van der Waals surface area contributed by atoms with Crippen molar-refractivity contribution < 1.29 is 28.6 Å². The number of fused-ring (bicyclic) bond motifs is 1. The van der Waals surface area contributed by atoms with Crippen molar-refractivity contribution in [3.05, 3.63) is 130 Å². The van der Waals surface area contributed by atoms with Gasteiger partial charge in [0.25, 0.3) is 11.8 Å². The maximum atomic E-state index is 13.6. The number of hydrogen-bond donors (Lipinski definition) is 3. The van der Waals surface area contributed by atoms with E-state index in [-0.39, 0.29) is 11.4 Å². The Hall–Kier alpha value is -5.48. The monoisotopic (exact) mass is 608 g/mol. The summed E-state index contributed by atoms with van der Waals surface area (Å²) in [7, 11) is 3.04. The van der Waals surface area contributed by atoms with Crippen LogP contribution < -0.4 is 25.7 Å². The Morgan fingerprint density at radius 1 is 0.909 bits per heavy atom. The van der Waals surface area contributed by atoms with E-state index in [1.807, 2.05) is 6.07 Å². The molecule has 4 aromatic carbocycles. The van der Waals surface area contributed by atoms with Crippen molar-refractivity contribution in [2.24, 2.45) is 0 Å². The number of aromatic hydroxyl groups is 1. The number of phenols is 1. The van der Waals surface area contributed by atoms with Crippen LogP contribution in [0.25, 0.3) is 17.0 Å². The SMILES string of the molecule is COc1ccc(/C=C(/NC(=O)c2ccccc2)C(=O)Nc2cccc(SCc3cc4ccc(O)cc4oc3=O)c2)c(OC)c1. The van der Waals surface area contributed by atoms with Gasteiger partial charge in [0.15, 0.2) is 0 Å². The van der Waals surface area contributed by atoms with Crippen LogP contribution in [0.3, 0.4) is 0 Å². The van der Waals surface area contributed by atoms with Gasteiger partial charge >= 0.3 is 5.63 Å². The van der Waals surface area contributed by atoms with E-state index in [2.05, 4.69) is 10.6 Å². The normalized spacial score (nSPS) is 11.2. The minimum Gasteiger partial charge on any atom is -0.508 e. The second-order valence-electron chi connectivity index (χ2n) is 9.54. The van der Waals surface area contributed by atoms with Gasteiger partial charge in [-0.3, -0.25) is 9.59 Å². The van der Waals surface area contributed by atoms with Crippen molar-refractivity contribution in [2.75, 3.05) is 19.5 Å². The van der Waals surface area contributed by atoms with Gasteiger partial charge in [0.05, 0.1) is 14.2 Å². The number of methoxy groups -OCH3 is 2. The summed E-state index contributed by atoms with van der Waals surface area (Å²) < 4.78 is 16.1. The quantitative estimate of drug-likeness (QED) is 0.0970. The van der Waals surface area contributed by atoms with Gasteiger partial charge in [-0.25, -0.2) is 4.79 Å². The minimum absolute atomic E-state index is 0.000171. The molecule has 0 spiro atoms. The molecule has 0 aliphatic rings. The lowest BCUT2D eigenvalue weighted by atomic mass is 10.1. The van der Waals surface area contributed by atoms with E-state index in [9.17, 15) is 19.5 Å². The number of rotatable bonds is 10. The first-order chi connectivity index (χ1) is 21.3. The van der Waals surface area contributed by atoms with E-state index < -0.39 is 17.4 Å². The first-order valence-electron chi connectivity index (χ1n) is 13.4. The third-order valence-corrected chi connectivity index (χ3v) is 7.59. The van der Waals surface area contributed by atoms with Gasteiger partial charge in [-0.2, -0.15) is 0 Å². The summed E-state index contributed by atoms with van der Waals surface area (Å²) in [4.78, 5) is 39.9. The van der Waals surface area contributed by atoms with Crippen LogP contribution in [0.4, 0.5) is 5.69 Å². The molecule has 0 aliphatic carbocycles. The highest BCUT2D eigenvalue weighted by Gasteiger charge is 2.17. The van der Waals surface area contributed by atoms with Crippen LogP contribution in [0.5, 0.6) is 17.2 Å². The van der Waals surface area contributed by atoms with Crippen LogP contribution in [-0.4, -0.2) is 31.1 Å². The first-order valence-corrected chi connectivity index (χ1v) is 14.4. The molecule has 222 valence electrons. The van der Waals surface area contributed by atoms with E-state index in [1.165, 1.54) is 37.1 Å². The van der Waals surface area contributed by atoms with E-state index >= 15 is 0 Å². The molecule has 1 heterocycles. The van der Waals surface area contributed by atoms with Crippen molar-refractivity contribution in [2.45, 2.75) is 10.6 Å². The van der Waals surface area contributed by atoms with Crippen LogP contribution in [0.15, 0.2) is 117 Å². The molecule has 0 atom stereocenters. The minimum atomic E-state index is -0.548. The lowest BCUT2D eigenvalue weighted by Gasteiger charge is -2.13. The average Bonchev–Trinajstić information content (AvgIpc) is 3.04. The predicted molar refractivity (Wildman–Crippen MR) is 170 cm³/mol. The van der Waals surface area contributed by atoms with Crippen LogP contribution in [0.1, 0.15) is 21.5 Å². The fourth-order valence-corrected chi connectivity index (χ4v) is 5.21. The predicted octanol–water partition coefficient (Wildman–Crippen LogP) is 6.22. The highest BCUT2D eigenvalue weighted by Crippen LogP contribution is 2.28. The molecule has 5 rings (SSSR count). The fraction of sp³-hybridized carbons (Fsp3) is 0.0882. The molecule has 0 saturated carbocycles. The van der Waals surface area contributed by atoms with E-state index in [4.69, 9.17) is 13.9 Å². The summed E-state index contributed by atoms with van der Waals surface area (Å²) >= 11 is 1.39. The molecule has 44 heavy (non-hydrogen) atoms. The van der Waals surface area contributed by atoms with Crippen LogP contribution in [-0.2, 0) is 10.5 Å². The molecular weight excluding hydrogens is 580 g/mol. The van der Waals surface area contributed by atoms with E-state index in [1.54, 1.807) is 86.0 Å². The van der Waals surface area contributed by atoms with Crippen LogP contribution >= 0.6 is 11.8 Å². The number of phenolic OH excluding ortho intramolecular Hbond substituents is 1. The molecule has 0 unspecified atom stereocenters. The zero-order valence-corrected chi connectivity index (χ0v) is 24.6. The molecule has 1 aromatic heterocycles. The topological polar surface area (TPSA) is 127 Å². The van der Waals surface area contributed by atoms with Gasteiger partial charge in [-0.05, 0) is 66.7 Å². The third-order valence-electron chi connectivity index (χ3n) is 6.55. The number of carbonyl (C=O) groups is 2. The number of ether oxygens (including phenoxy) is 2. The lowest BCUT2D eigenvalue weighted by Crippen LogP contribution is -2.30. The molecule has 0 radical (unpaired) electrons. The van der Waals surface area contributed by atoms with Gasteiger partial charge in [0.1, 0.15) is 28.5 Å². The van der Waals surface area contributed by atoms with Crippen LogP contribution in [0.2, 0.25) is 0 Å². The second-order valence-corrected chi connectivity index (χ2v) is 10.6. The molecule has 9 nitrogen and oxygen atoms in total. The molecule has 10 heteroatoms. The first kappa shape index (κ1) is 30.0. The summed E-state index contributed by atoms with van der Waals surface area (Å²) in [6.45, 7) is 0. The molecule has 0 aliphatic heterocycles. The van der Waals surface area contributed by atoms with Gasteiger partial charge in [0, 0.05) is 50.5 Å². The van der Waals surface area contributed by atoms with Gasteiger partial charge in [-0.15, -0.1) is 11.8 Å². The van der Waals surface area contributed by atoms with Gasteiger partial charge in [0.2, 0.25) is 0 Å². The standard InChI is InChI=1S/C34H28N2O7S/c1-41-27-14-12-23(30(19-27)42-2)16-29(36-32(38)21-7-4-3-5-8-21)33(39)35-25-9-6-10-28(17-25)44-20-24-15-22-11-13-26(37)18-31(22)43-34(24)40/h3-19,37H,20H2,1-2H3,(H,35,39)(H,36,38)/b29-16+. The molecule has 0 bridgehead atoms. The summed E-state index contributed by atoms with van der Waals surface area (Å²) in [6, 6.07) is 27.2. The maximum absolute atomic E-state index is 13.6. The van der Waals surface area contributed by atoms with Crippen molar-refractivity contribution >= 4 is 46.3 Å². The smallest absolute Gasteiger partial charge is 0.340 e. The van der Waals surface area contributed by atoms with Gasteiger partial charge in [-0.1, -0.05) is 24.3 Å². The Balaban J connectivity index is 1.37. The van der Waals surface area contributed by atoms with E-state index in [0.29, 0.717) is 50.6 Å². The molecule has 5 aromatic rings. The summed E-state index contributed by atoms with van der Waals surface area (Å²) in [5.74, 6) is 0.375. The Bertz CT molecular complexity index is 1920. The van der Waals surface area contributed by atoms with Gasteiger partial charge < -0.3 is 29.6 Å². The zero-order valence-electron chi connectivity index (χ0n) is 23.8.